The number of piperidine rings is 1. The summed E-state index contributed by atoms with van der Waals surface area (Å²) in [5.74, 6) is 0.469. The summed E-state index contributed by atoms with van der Waals surface area (Å²) in [4.78, 5) is 13.6. The van der Waals surface area contributed by atoms with E-state index < -0.39 is 0 Å². The molecule has 1 rings (SSSR count). The Labute approximate surface area is 82.1 Å². The number of hydrogen-bond acceptors (Lipinski definition) is 1. The van der Waals surface area contributed by atoms with Gasteiger partial charge in [-0.2, -0.15) is 0 Å². The minimum atomic E-state index is 0.154. The van der Waals surface area contributed by atoms with Crippen molar-refractivity contribution in [2.24, 2.45) is 5.92 Å². The fourth-order valence-corrected chi connectivity index (χ4v) is 1.70. The van der Waals surface area contributed by atoms with Crippen LogP contribution in [0, 0.1) is 5.92 Å². The second-order valence-corrected chi connectivity index (χ2v) is 5.14. The van der Waals surface area contributed by atoms with Gasteiger partial charge in [0.05, 0.1) is 0 Å². The van der Waals surface area contributed by atoms with Crippen LogP contribution in [0.2, 0.25) is 5.31 Å². The third-order valence-electron chi connectivity index (χ3n) is 2.92. The van der Waals surface area contributed by atoms with E-state index in [0.717, 1.165) is 25.9 Å². The number of hydrogen-bond donors (Lipinski definition) is 0. The molecule has 1 aliphatic heterocycles. The molecular formula is C10H20BNO. The molecule has 1 heterocycles. The van der Waals surface area contributed by atoms with E-state index in [9.17, 15) is 4.79 Å². The van der Waals surface area contributed by atoms with Gasteiger partial charge in [0.1, 0.15) is 7.85 Å². The monoisotopic (exact) mass is 181 g/mol. The first-order valence-electron chi connectivity index (χ1n) is 5.21. The smallest absolute Gasteiger partial charge is 0.225 e. The van der Waals surface area contributed by atoms with E-state index in [-0.39, 0.29) is 5.92 Å². The molecule has 0 N–H and O–H groups in total. The highest BCUT2D eigenvalue weighted by Crippen LogP contribution is 2.34. The van der Waals surface area contributed by atoms with Gasteiger partial charge in [-0.15, -0.1) is 0 Å². The van der Waals surface area contributed by atoms with E-state index in [0.29, 0.717) is 11.2 Å². The number of rotatable bonds is 1. The van der Waals surface area contributed by atoms with E-state index >= 15 is 0 Å². The zero-order valence-corrected chi connectivity index (χ0v) is 9.26. The molecule has 0 bridgehead atoms. The maximum absolute atomic E-state index is 11.6. The second-order valence-electron chi connectivity index (χ2n) is 5.14. The normalized spacial score (nSPS) is 22.0. The molecule has 0 radical (unpaired) electrons. The molecule has 0 aliphatic carbocycles. The van der Waals surface area contributed by atoms with Gasteiger partial charge in [-0.25, -0.2) is 0 Å². The van der Waals surface area contributed by atoms with Crippen LogP contribution in [0.1, 0.15) is 33.6 Å². The van der Waals surface area contributed by atoms with Crippen LogP contribution in [-0.2, 0) is 4.79 Å². The standard InChI is InChI=1S/C10H20BNO/c1-8(2)9(13)12-6-4-10(3,11)5-7-12/h8H,4-7,11H2,1-3H3. The van der Waals surface area contributed by atoms with Crippen molar-refractivity contribution in [1.82, 2.24) is 4.90 Å². The molecule has 0 aromatic carbocycles. The molecule has 74 valence electrons. The molecule has 13 heavy (non-hydrogen) atoms. The third-order valence-corrected chi connectivity index (χ3v) is 2.92. The Bertz CT molecular complexity index is 191. The third kappa shape index (κ3) is 2.75. The molecule has 0 unspecified atom stereocenters. The van der Waals surface area contributed by atoms with E-state index in [1.807, 2.05) is 18.7 Å². The molecule has 1 amide bonds. The lowest BCUT2D eigenvalue weighted by Gasteiger charge is -2.37. The zero-order chi connectivity index (χ0) is 10.1. The van der Waals surface area contributed by atoms with Crippen molar-refractivity contribution in [2.45, 2.75) is 38.9 Å². The first-order chi connectivity index (χ1) is 5.92. The molecule has 0 spiro atoms. The molecule has 1 aliphatic rings. The quantitative estimate of drug-likeness (QED) is 0.554. The van der Waals surface area contributed by atoms with Crippen molar-refractivity contribution in [3.05, 3.63) is 0 Å². The van der Waals surface area contributed by atoms with Crippen molar-refractivity contribution in [1.29, 1.82) is 0 Å². The van der Waals surface area contributed by atoms with Gasteiger partial charge < -0.3 is 4.90 Å². The van der Waals surface area contributed by atoms with Crippen LogP contribution in [0.3, 0.4) is 0 Å². The molecule has 3 heteroatoms. The fraction of sp³-hybridized carbons (Fsp3) is 0.900. The highest BCUT2D eigenvalue weighted by molar-refractivity contribution is 6.15. The lowest BCUT2D eigenvalue weighted by atomic mass is 9.64. The maximum atomic E-state index is 11.6. The van der Waals surface area contributed by atoms with Crippen LogP contribution in [0.25, 0.3) is 0 Å². The van der Waals surface area contributed by atoms with Gasteiger partial charge in [0, 0.05) is 19.0 Å². The number of likely N-dealkylation sites (tertiary alicyclic amines) is 1. The zero-order valence-electron chi connectivity index (χ0n) is 9.26. The molecule has 0 atom stereocenters. The number of amides is 1. The lowest BCUT2D eigenvalue weighted by Crippen LogP contribution is -2.41. The Morgan fingerprint density at radius 1 is 1.38 bits per heavy atom. The van der Waals surface area contributed by atoms with E-state index in [2.05, 4.69) is 14.8 Å². The van der Waals surface area contributed by atoms with Crippen LogP contribution in [0.15, 0.2) is 0 Å². The summed E-state index contributed by atoms with van der Waals surface area (Å²) in [5, 5.41) is 0.438. The predicted molar refractivity (Wildman–Crippen MR) is 57.6 cm³/mol. The van der Waals surface area contributed by atoms with Gasteiger partial charge in [0.25, 0.3) is 0 Å². The highest BCUT2D eigenvalue weighted by Gasteiger charge is 2.28. The van der Waals surface area contributed by atoms with E-state index in [4.69, 9.17) is 0 Å². The summed E-state index contributed by atoms with van der Waals surface area (Å²) in [6.07, 6.45) is 2.29. The Balaban J connectivity index is 2.46. The predicted octanol–water partition coefficient (Wildman–Crippen LogP) is 1.08. The average Bonchev–Trinajstić information content (AvgIpc) is 2.03. The number of carbonyl (C=O) groups excluding carboxylic acids is 1. The van der Waals surface area contributed by atoms with Crippen molar-refractivity contribution in [3.63, 3.8) is 0 Å². The second kappa shape index (κ2) is 3.73. The Morgan fingerprint density at radius 2 is 1.85 bits per heavy atom. The SMILES string of the molecule is BC1(C)CCN(C(=O)C(C)C)CC1. The average molecular weight is 181 g/mol. The van der Waals surface area contributed by atoms with Crippen LogP contribution in [-0.4, -0.2) is 31.7 Å². The fourth-order valence-electron chi connectivity index (χ4n) is 1.70. The van der Waals surface area contributed by atoms with Crippen LogP contribution in [0.4, 0.5) is 0 Å². The maximum Gasteiger partial charge on any atom is 0.225 e. The van der Waals surface area contributed by atoms with Crippen molar-refractivity contribution in [3.8, 4) is 0 Å². The van der Waals surface area contributed by atoms with Crippen molar-refractivity contribution in [2.75, 3.05) is 13.1 Å². The molecule has 1 saturated heterocycles. The molecule has 0 aromatic rings. The van der Waals surface area contributed by atoms with Gasteiger partial charge in [-0.3, -0.25) is 4.79 Å². The van der Waals surface area contributed by atoms with Gasteiger partial charge in [0.15, 0.2) is 0 Å². The summed E-state index contributed by atoms with van der Waals surface area (Å²) in [5.41, 5.74) is 0. The van der Waals surface area contributed by atoms with Crippen molar-refractivity contribution < 1.29 is 4.79 Å². The van der Waals surface area contributed by atoms with E-state index in [1.54, 1.807) is 0 Å². The van der Waals surface area contributed by atoms with E-state index in [1.165, 1.54) is 0 Å². The Kier molecular flexibility index (Phi) is 3.04. The Morgan fingerprint density at radius 3 is 2.23 bits per heavy atom. The number of nitrogens with zero attached hydrogens (tertiary/aromatic N) is 1. The van der Waals surface area contributed by atoms with Gasteiger partial charge in [-0.05, 0) is 12.8 Å². The van der Waals surface area contributed by atoms with Gasteiger partial charge in [0.2, 0.25) is 5.91 Å². The number of carbonyl (C=O) groups is 1. The molecule has 2 nitrogen and oxygen atoms in total. The molecule has 1 fully saturated rings. The first-order valence-corrected chi connectivity index (χ1v) is 5.21. The first kappa shape index (κ1) is 10.6. The van der Waals surface area contributed by atoms with Crippen LogP contribution < -0.4 is 0 Å². The summed E-state index contributed by atoms with van der Waals surface area (Å²) >= 11 is 0. The largest absolute Gasteiger partial charge is 0.342 e. The molecular weight excluding hydrogens is 161 g/mol. The molecule has 0 aromatic heterocycles. The van der Waals surface area contributed by atoms with Crippen LogP contribution >= 0.6 is 0 Å². The minimum absolute atomic E-state index is 0.154. The molecule has 0 saturated carbocycles. The highest BCUT2D eigenvalue weighted by atomic mass is 16.2. The Hall–Kier alpha value is -0.465. The topological polar surface area (TPSA) is 20.3 Å². The summed E-state index contributed by atoms with van der Waals surface area (Å²) in [7, 11) is 2.28. The van der Waals surface area contributed by atoms with Crippen LogP contribution in [0.5, 0.6) is 0 Å². The van der Waals surface area contributed by atoms with Crippen molar-refractivity contribution >= 4 is 13.8 Å². The summed E-state index contributed by atoms with van der Waals surface area (Å²) < 4.78 is 0. The minimum Gasteiger partial charge on any atom is -0.342 e. The van der Waals surface area contributed by atoms with Gasteiger partial charge in [-0.1, -0.05) is 26.1 Å². The van der Waals surface area contributed by atoms with Gasteiger partial charge >= 0.3 is 0 Å². The lowest BCUT2D eigenvalue weighted by molar-refractivity contribution is -0.135. The summed E-state index contributed by atoms with van der Waals surface area (Å²) in [6.45, 7) is 8.13. The summed E-state index contributed by atoms with van der Waals surface area (Å²) in [6, 6.07) is 0.